The van der Waals surface area contributed by atoms with E-state index in [4.69, 9.17) is 21.1 Å². The Hall–Kier alpha value is -3.31. The van der Waals surface area contributed by atoms with Crippen LogP contribution in [0.1, 0.15) is 22.3 Å². The Morgan fingerprint density at radius 2 is 1.48 bits per heavy atom. The monoisotopic (exact) mass is 408 g/mol. The third-order valence-corrected chi connectivity index (χ3v) is 4.28. The Morgan fingerprint density at radius 1 is 0.862 bits per heavy atom. The minimum absolute atomic E-state index is 0.267. The normalized spacial score (nSPS) is 10.7. The number of hydrogen-bond donors (Lipinski definition) is 1. The van der Waals surface area contributed by atoms with E-state index >= 15 is 0 Å². The van der Waals surface area contributed by atoms with Crippen molar-refractivity contribution < 1.29 is 14.3 Å². The summed E-state index contributed by atoms with van der Waals surface area (Å²) in [6, 6.07) is 23.8. The van der Waals surface area contributed by atoms with Crippen LogP contribution in [0.5, 0.6) is 11.5 Å². The van der Waals surface area contributed by atoms with Crippen LogP contribution in [0.2, 0.25) is 5.02 Å². The van der Waals surface area contributed by atoms with E-state index in [1.165, 1.54) is 0 Å². The van der Waals surface area contributed by atoms with Crippen LogP contribution in [0.3, 0.4) is 0 Å². The van der Waals surface area contributed by atoms with Gasteiger partial charge in [0.15, 0.2) is 0 Å². The number of hydrazone groups is 1. The number of ether oxygens (including phenoxy) is 2. The van der Waals surface area contributed by atoms with Crippen molar-refractivity contribution in [3.05, 3.63) is 95.0 Å². The summed E-state index contributed by atoms with van der Waals surface area (Å²) in [6.07, 6.45) is 2.26. The minimum atomic E-state index is -0.267. The summed E-state index contributed by atoms with van der Waals surface area (Å²) in [5, 5.41) is 4.62. The van der Waals surface area contributed by atoms with Gasteiger partial charge in [-0.2, -0.15) is 5.10 Å². The summed E-state index contributed by atoms with van der Waals surface area (Å²) in [5.41, 5.74) is 3.84. The lowest BCUT2D eigenvalue weighted by Gasteiger charge is -2.10. The molecule has 0 bridgehead atoms. The second kappa shape index (κ2) is 10.9. The molecule has 0 aliphatic rings. The second-order valence-electron chi connectivity index (χ2n) is 6.08. The lowest BCUT2D eigenvalue weighted by molar-refractivity contribution is 0.0955. The van der Waals surface area contributed by atoms with Gasteiger partial charge in [0.2, 0.25) is 0 Å². The van der Waals surface area contributed by atoms with Crippen LogP contribution < -0.4 is 14.9 Å². The van der Waals surface area contributed by atoms with Gasteiger partial charge in [-0.3, -0.25) is 4.79 Å². The molecule has 3 rings (SSSR count). The number of para-hydroxylation sites is 2. The van der Waals surface area contributed by atoms with Gasteiger partial charge in [0.05, 0.1) is 24.5 Å². The van der Waals surface area contributed by atoms with Gasteiger partial charge in [0.25, 0.3) is 5.91 Å². The van der Waals surface area contributed by atoms with E-state index in [0.717, 1.165) is 5.56 Å². The molecule has 0 aliphatic carbocycles. The number of hydrogen-bond acceptors (Lipinski definition) is 4. The molecule has 0 unspecified atom stereocenters. The van der Waals surface area contributed by atoms with Gasteiger partial charge in [-0.05, 0) is 36.4 Å². The van der Waals surface area contributed by atoms with Gasteiger partial charge in [-0.15, -0.1) is 0 Å². The molecular formula is C23H21ClN2O3. The molecule has 0 heterocycles. The van der Waals surface area contributed by atoms with Crippen molar-refractivity contribution in [1.29, 1.82) is 0 Å². The molecule has 5 nitrogen and oxygen atoms in total. The van der Waals surface area contributed by atoms with Crippen molar-refractivity contribution in [3.8, 4) is 11.5 Å². The number of rotatable bonds is 9. The molecule has 0 saturated heterocycles. The predicted octanol–water partition coefficient (Wildman–Crippen LogP) is 4.95. The van der Waals surface area contributed by atoms with Gasteiger partial charge < -0.3 is 9.47 Å². The summed E-state index contributed by atoms with van der Waals surface area (Å²) in [7, 11) is 0. The van der Waals surface area contributed by atoms with Crippen LogP contribution in [0, 0.1) is 0 Å². The average Bonchev–Trinajstić information content (AvgIpc) is 2.76. The van der Waals surface area contributed by atoms with Crippen LogP contribution in [0.4, 0.5) is 0 Å². The maximum Gasteiger partial charge on any atom is 0.271 e. The van der Waals surface area contributed by atoms with E-state index in [2.05, 4.69) is 10.5 Å². The molecule has 0 saturated carbocycles. The fourth-order valence-corrected chi connectivity index (χ4v) is 2.71. The molecule has 0 fully saturated rings. The molecule has 29 heavy (non-hydrogen) atoms. The number of nitrogens with zero attached hydrogens (tertiary/aromatic N) is 1. The van der Waals surface area contributed by atoms with Crippen LogP contribution >= 0.6 is 11.6 Å². The quantitative estimate of drug-likeness (QED) is 0.309. The summed E-state index contributed by atoms with van der Waals surface area (Å²) in [4.78, 5) is 12.0. The van der Waals surface area contributed by atoms with Gasteiger partial charge in [0.1, 0.15) is 11.5 Å². The molecule has 3 aromatic carbocycles. The van der Waals surface area contributed by atoms with Gasteiger partial charge in [-0.1, -0.05) is 54.1 Å². The first-order valence-corrected chi connectivity index (χ1v) is 9.59. The SMILES string of the molecule is O=C(N/N=C\c1ccccc1OCCCOc1ccccc1Cl)c1ccccc1. The molecule has 0 aromatic heterocycles. The van der Waals surface area contributed by atoms with E-state index < -0.39 is 0 Å². The van der Waals surface area contributed by atoms with Crippen LogP contribution in [-0.2, 0) is 0 Å². The van der Waals surface area contributed by atoms with Crippen molar-refractivity contribution in [3.63, 3.8) is 0 Å². The van der Waals surface area contributed by atoms with E-state index in [9.17, 15) is 4.79 Å². The highest BCUT2D eigenvalue weighted by Gasteiger charge is 2.04. The highest BCUT2D eigenvalue weighted by atomic mass is 35.5. The Morgan fingerprint density at radius 3 is 2.24 bits per heavy atom. The van der Waals surface area contributed by atoms with Crippen molar-refractivity contribution >= 4 is 23.7 Å². The Bertz CT molecular complexity index is 961. The zero-order valence-corrected chi connectivity index (χ0v) is 16.5. The van der Waals surface area contributed by atoms with Crippen molar-refractivity contribution in [1.82, 2.24) is 5.43 Å². The third-order valence-electron chi connectivity index (χ3n) is 3.97. The lowest BCUT2D eigenvalue weighted by Crippen LogP contribution is -2.17. The molecule has 1 amide bonds. The molecule has 3 aromatic rings. The Balaban J connectivity index is 1.47. The number of benzene rings is 3. The fraction of sp³-hybridized carbons (Fsp3) is 0.130. The van der Waals surface area contributed by atoms with Crippen molar-refractivity contribution in [2.75, 3.05) is 13.2 Å². The molecular weight excluding hydrogens is 388 g/mol. The first kappa shape index (κ1) is 20.4. The fourth-order valence-electron chi connectivity index (χ4n) is 2.52. The molecule has 0 atom stereocenters. The summed E-state index contributed by atoms with van der Waals surface area (Å²) >= 11 is 6.06. The number of halogens is 1. The van der Waals surface area contributed by atoms with Crippen molar-refractivity contribution in [2.45, 2.75) is 6.42 Å². The van der Waals surface area contributed by atoms with Gasteiger partial charge in [-0.25, -0.2) is 5.43 Å². The average molecular weight is 409 g/mol. The second-order valence-corrected chi connectivity index (χ2v) is 6.49. The summed E-state index contributed by atoms with van der Waals surface area (Å²) in [6.45, 7) is 0.971. The zero-order chi connectivity index (χ0) is 20.3. The summed E-state index contributed by atoms with van der Waals surface area (Å²) in [5.74, 6) is 1.08. The molecule has 148 valence electrons. The topological polar surface area (TPSA) is 59.9 Å². The number of carbonyl (C=O) groups is 1. The molecule has 0 spiro atoms. The molecule has 1 N–H and O–H groups in total. The van der Waals surface area contributed by atoms with E-state index in [1.807, 2.05) is 48.5 Å². The Labute approximate surface area is 174 Å². The minimum Gasteiger partial charge on any atom is -0.493 e. The first-order chi connectivity index (χ1) is 14.2. The van der Waals surface area contributed by atoms with Crippen LogP contribution in [0.25, 0.3) is 0 Å². The zero-order valence-electron chi connectivity index (χ0n) is 15.8. The van der Waals surface area contributed by atoms with Crippen LogP contribution in [0.15, 0.2) is 84.0 Å². The third kappa shape index (κ3) is 6.36. The smallest absolute Gasteiger partial charge is 0.271 e. The van der Waals surface area contributed by atoms with E-state index in [0.29, 0.717) is 41.7 Å². The maximum absolute atomic E-state index is 12.0. The van der Waals surface area contributed by atoms with E-state index in [1.54, 1.807) is 36.5 Å². The van der Waals surface area contributed by atoms with Gasteiger partial charge >= 0.3 is 0 Å². The van der Waals surface area contributed by atoms with Crippen LogP contribution in [-0.4, -0.2) is 25.3 Å². The Kier molecular flexibility index (Phi) is 7.66. The molecule has 6 heteroatoms. The number of amides is 1. The van der Waals surface area contributed by atoms with Crippen molar-refractivity contribution in [2.24, 2.45) is 5.10 Å². The maximum atomic E-state index is 12.0. The van der Waals surface area contributed by atoms with Gasteiger partial charge in [0, 0.05) is 17.5 Å². The van der Waals surface area contributed by atoms with E-state index in [-0.39, 0.29) is 5.91 Å². The molecule has 0 aliphatic heterocycles. The standard InChI is InChI=1S/C23H21ClN2O3/c24-20-12-5-7-14-22(20)29-16-8-15-28-21-13-6-4-11-19(21)17-25-26-23(27)18-9-2-1-3-10-18/h1-7,9-14,17H,8,15-16H2,(H,26,27)/b25-17-. The number of carbonyl (C=O) groups excluding carboxylic acids is 1. The number of nitrogens with one attached hydrogen (secondary N) is 1. The largest absolute Gasteiger partial charge is 0.493 e. The highest BCUT2D eigenvalue weighted by molar-refractivity contribution is 6.32. The predicted molar refractivity (Wildman–Crippen MR) is 115 cm³/mol. The lowest BCUT2D eigenvalue weighted by atomic mass is 10.2. The first-order valence-electron chi connectivity index (χ1n) is 9.21. The summed E-state index contributed by atoms with van der Waals surface area (Å²) < 4.78 is 11.5. The molecule has 0 radical (unpaired) electrons. The highest BCUT2D eigenvalue weighted by Crippen LogP contribution is 2.23.